The zero-order valence-corrected chi connectivity index (χ0v) is 9.45. The highest BCUT2D eigenvalue weighted by atomic mass is 16.6. The number of carbonyl (C=O) groups excluding carboxylic acids is 2. The third-order valence-corrected chi connectivity index (χ3v) is 3.35. The van der Waals surface area contributed by atoms with Crippen LogP contribution in [0.5, 0.6) is 0 Å². The lowest BCUT2D eigenvalue weighted by molar-refractivity contribution is -0.317. The maximum absolute atomic E-state index is 11.3. The number of carboxylic acid groups (broad SMARTS) is 1. The van der Waals surface area contributed by atoms with E-state index >= 15 is 0 Å². The Morgan fingerprint density at radius 3 is 2.75 bits per heavy atom. The van der Waals surface area contributed by atoms with Gasteiger partial charge in [0.1, 0.15) is 5.60 Å². The summed E-state index contributed by atoms with van der Waals surface area (Å²) in [5.74, 6) is -2.50. The van der Waals surface area contributed by atoms with E-state index in [4.69, 9.17) is 9.47 Å². The number of aliphatic carboxylic acids is 1. The third-order valence-electron chi connectivity index (χ3n) is 3.35. The second kappa shape index (κ2) is 3.45. The number of hydrogen-bond donors (Lipinski definition) is 0. The van der Waals surface area contributed by atoms with Crippen LogP contribution in [0.2, 0.25) is 0 Å². The predicted molar refractivity (Wildman–Crippen MR) is 51.2 cm³/mol. The van der Waals surface area contributed by atoms with Crippen LogP contribution >= 0.6 is 0 Å². The van der Waals surface area contributed by atoms with E-state index in [0.717, 1.165) is 0 Å². The first kappa shape index (κ1) is 11.4. The second-order valence-corrected chi connectivity index (χ2v) is 5.15. The zero-order chi connectivity index (χ0) is 12.0. The molecule has 0 aromatic heterocycles. The fraction of sp³-hybridized carbons (Fsp3) is 0.818. The standard InChI is InChI=1S/C11H16O5/c1-10(2)6-11(3-4-15-10)7(9(13)14)5-8(12)16-11/h7H,3-6H2,1-2H3,(H,13,14)/p-1/t7-,11-/m0/s1. The smallest absolute Gasteiger partial charge is 0.307 e. The van der Waals surface area contributed by atoms with E-state index in [-0.39, 0.29) is 6.42 Å². The van der Waals surface area contributed by atoms with Crippen LogP contribution in [0, 0.1) is 5.92 Å². The van der Waals surface area contributed by atoms with Crippen molar-refractivity contribution >= 4 is 11.9 Å². The number of hydrogen-bond acceptors (Lipinski definition) is 5. The van der Waals surface area contributed by atoms with E-state index in [9.17, 15) is 14.7 Å². The van der Waals surface area contributed by atoms with E-state index in [1.165, 1.54) is 0 Å². The van der Waals surface area contributed by atoms with Gasteiger partial charge in [0, 0.05) is 24.7 Å². The fourth-order valence-corrected chi connectivity index (χ4v) is 2.73. The van der Waals surface area contributed by atoms with Gasteiger partial charge in [-0.05, 0) is 13.8 Å². The van der Waals surface area contributed by atoms with Crippen molar-refractivity contribution < 1.29 is 24.2 Å². The van der Waals surface area contributed by atoms with Crippen molar-refractivity contribution in [1.82, 2.24) is 0 Å². The van der Waals surface area contributed by atoms with E-state index in [0.29, 0.717) is 19.4 Å². The van der Waals surface area contributed by atoms with Crippen LogP contribution in [-0.4, -0.2) is 29.7 Å². The Hall–Kier alpha value is -1.10. The maximum atomic E-state index is 11.3. The Morgan fingerprint density at radius 1 is 1.50 bits per heavy atom. The molecule has 0 unspecified atom stereocenters. The van der Waals surface area contributed by atoms with Crippen molar-refractivity contribution in [1.29, 1.82) is 0 Å². The summed E-state index contributed by atoms with van der Waals surface area (Å²) in [6.07, 6.45) is 0.754. The summed E-state index contributed by atoms with van der Waals surface area (Å²) in [6, 6.07) is 0. The van der Waals surface area contributed by atoms with Crippen molar-refractivity contribution in [3.63, 3.8) is 0 Å². The van der Waals surface area contributed by atoms with E-state index in [1.807, 2.05) is 13.8 Å². The monoisotopic (exact) mass is 227 g/mol. The van der Waals surface area contributed by atoms with Crippen LogP contribution in [0.3, 0.4) is 0 Å². The Morgan fingerprint density at radius 2 is 2.19 bits per heavy atom. The molecule has 0 bridgehead atoms. The first-order valence-corrected chi connectivity index (χ1v) is 5.41. The number of carbonyl (C=O) groups is 2. The molecule has 0 aromatic rings. The van der Waals surface area contributed by atoms with Crippen molar-refractivity contribution in [2.75, 3.05) is 6.61 Å². The minimum Gasteiger partial charge on any atom is -0.550 e. The lowest BCUT2D eigenvalue weighted by Crippen LogP contribution is -2.53. The van der Waals surface area contributed by atoms with E-state index in [1.54, 1.807) is 0 Å². The minimum atomic E-state index is -1.21. The molecule has 0 saturated carbocycles. The molecule has 90 valence electrons. The van der Waals surface area contributed by atoms with Crippen LogP contribution in [0.1, 0.15) is 33.1 Å². The lowest BCUT2D eigenvalue weighted by Gasteiger charge is -2.44. The molecule has 2 atom stereocenters. The quantitative estimate of drug-likeness (QED) is 0.571. The average molecular weight is 227 g/mol. The molecule has 5 heteroatoms. The highest BCUT2D eigenvalue weighted by Gasteiger charge is 2.54. The molecule has 5 nitrogen and oxygen atoms in total. The number of esters is 1. The minimum absolute atomic E-state index is 0.0849. The molecular weight excluding hydrogens is 212 g/mol. The first-order chi connectivity index (χ1) is 7.35. The maximum Gasteiger partial charge on any atom is 0.307 e. The van der Waals surface area contributed by atoms with E-state index < -0.39 is 29.1 Å². The van der Waals surface area contributed by atoms with Crippen LogP contribution in [0.15, 0.2) is 0 Å². The Bertz CT molecular complexity index is 335. The van der Waals surface area contributed by atoms with Crippen molar-refractivity contribution in [3.8, 4) is 0 Å². The van der Waals surface area contributed by atoms with Crippen LogP contribution in [-0.2, 0) is 19.1 Å². The summed E-state index contributed by atoms with van der Waals surface area (Å²) in [5.41, 5.74) is -1.38. The molecule has 0 N–H and O–H groups in total. The number of carboxylic acids is 1. The first-order valence-electron chi connectivity index (χ1n) is 5.41. The lowest BCUT2D eigenvalue weighted by atomic mass is 9.75. The van der Waals surface area contributed by atoms with Gasteiger partial charge in [0.25, 0.3) is 0 Å². The van der Waals surface area contributed by atoms with Crippen molar-refractivity contribution in [2.45, 2.75) is 44.3 Å². The molecule has 0 radical (unpaired) electrons. The topological polar surface area (TPSA) is 75.7 Å². The van der Waals surface area contributed by atoms with Gasteiger partial charge in [-0.1, -0.05) is 0 Å². The fourth-order valence-electron chi connectivity index (χ4n) is 2.73. The normalized spacial score (nSPS) is 37.4. The number of rotatable bonds is 1. The highest BCUT2D eigenvalue weighted by Crippen LogP contribution is 2.45. The van der Waals surface area contributed by atoms with Gasteiger partial charge in [-0.15, -0.1) is 0 Å². The van der Waals surface area contributed by atoms with Crippen LogP contribution in [0.25, 0.3) is 0 Å². The molecular formula is C11H15O5-. The van der Waals surface area contributed by atoms with Gasteiger partial charge in [0.05, 0.1) is 18.6 Å². The molecule has 2 saturated heterocycles. The average Bonchev–Trinajstić information content (AvgIpc) is 2.40. The summed E-state index contributed by atoms with van der Waals surface area (Å²) in [5, 5.41) is 11.0. The summed E-state index contributed by atoms with van der Waals surface area (Å²) in [4.78, 5) is 22.3. The summed E-state index contributed by atoms with van der Waals surface area (Å²) in [7, 11) is 0. The summed E-state index contributed by atoms with van der Waals surface area (Å²) in [6.45, 7) is 4.14. The Kier molecular flexibility index (Phi) is 2.45. The van der Waals surface area contributed by atoms with Gasteiger partial charge >= 0.3 is 5.97 Å². The predicted octanol–water partition coefficient (Wildman–Crippen LogP) is -0.373. The molecule has 2 rings (SSSR count). The molecule has 16 heavy (non-hydrogen) atoms. The summed E-state index contributed by atoms with van der Waals surface area (Å²) < 4.78 is 10.8. The van der Waals surface area contributed by atoms with Gasteiger partial charge in [-0.2, -0.15) is 0 Å². The molecule has 2 aliphatic heterocycles. The molecule has 0 amide bonds. The Balaban J connectivity index is 2.28. The van der Waals surface area contributed by atoms with Gasteiger partial charge in [0.15, 0.2) is 0 Å². The van der Waals surface area contributed by atoms with E-state index in [2.05, 4.69) is 0 Å². The molecule has 1 spiro atoms. The largest absolute Gasteiger partial charge is 0.550 e. The molecule has 2 aliphatic rings. The van der Waals surface area contributed by atoms with Gasteiger partial charge < -0.3 is 19.4 Å². The Labute approximate surface area is 93.7 Å². The van der Waals surface area contributed by atoms with Gasteiger partial charge in [-0.3, -0.25) is 4.79 Å². The molecule has 2 fully saturated rings. The van der Waals surface area contributed by atoms with Gasteiger partial charge in [0.2, 0.25) is 0 Å². The summed E-state index contributed by atoms with van der Waals surface area (Å²) >= 11 is 0. The van der Waals surface area contributed by atoms with Crippen molar-refractivity contribution in [2.24, 2.45) is 5.92 Å². The highest BCUT2D eigenvalue weighted by molar-refractivity contribution is 5.82. The molecule has 0 aromatic carbocycles. The van der Waals surface area contributed by atoms with Gasteiger partial charge in [-0.25, -0.2) is 0 Å². The van der Waals surface area contributed by atoms with Crippen LogP contribution in [0.4, 0.5) is 0 Å². The van der Waals surface area contributed by atoms with Crippen LogP contribution < -0.4 is 5.11 Å². The molecule has 2 heterocycles. The second-order valence-electron chi connectivity index (χ2n) is 5.15. The number of ether oxygens (including phenoxy) is 2. The zero-order valence-electron chi connectivity index (χ0n) is 9.45. The molecule has 0 aliphatic carbocycles. The van der Waals surface area contributed by atoms with Crippen molar-refractivity contribution in [3.05, 3.63) is 0 Å². The SMILES string of the molecule is CC1(C)C[C@]2(CCO1)OC(=O)C[C@H]2C(=O)[O-]. The third kappa shape index (κ3) is 1.80.